The van der Waals surface area contributed by atoms with Crippen molar-refractivity contribution in [1.82, 2.24) is 0 Å². The van der Waals surface area contributed by atoms with Crippen LogP contribution in [0.15, 0.2) is 24.3 Å². The first-order valence-corrected chi connectivity index (χ1v) is 5.72. The van der Waals surface area contributed by atoms with Crippen LogP contribution in [0, 0.1) is 0 Å². The number of allylic oxidation sites excluding steroid dienone is 1. The molecule has 0 fully saturated rings. The molecule has 1 N–H and O–H groups in total. The molecule has 1 rings (SSSR count). The Kier molecular flexibility index (Phi) is 5.77. The highest BCUT2D eigenvalue weighted by molar-refractivity contribution is 6.42. The molecule has 0 saturated carbocycles. The number of aliphatic hydroxyl groups excluding tert-OH is 1. The van der Waals surface area contributed by atoms with Crippen LogP contribution in [0.5, 0.6) is 0 Å². The van der Waals surface area contributed by atoms with E-state index in [1.54, 1.807) is 6.07 Å². The molecule has 0 aromatic heterocycles. The van der Waals surface area contributed by atoms with Gasteiger partial charge in [0.15, 0.2) is 0 Å². The molecule has 15 heavy (non-hydrogen) atoms. The zero-order valence-electron chi connectivity index (χ0n) is 8.42. The molecule has 0 aliphatic carbocycles. The molecule has 0 heterocycles. The van der Waals surface area contributed by atoms with Gasteiger partial charge >= 0.3 is 0 Å². The fourth-order valence-corrected chi connectivity index (χ4v) is 1.60. The summed E-state index contributed by atoms with van der Waals surface area (Å²) in [5.41, 5.74) is 0.938. The number of rotatable bonds is 5. The molecule has 1 aromatic rings. The summed E-state index contributed by atoms with van der Waals surface area (Å²) >= 11 is 11.9. The van der Waals surface area contributed by atoms with Crippen LogP contribution < -0.4 is 0 Å². The summed E-state index contributed by atoms with van der Waals surface area (Å²) < 4.78 is 0. The third-order valence-electron chi connectivity index (χ3n) is 2.06. The number of aliphatic hydroxyl groups is 1. The number of hydrogen-bond acceptors (Lipinski definition) is 1. The second-order valence-corrected chi connectivity index (χ2v) is 4.05. The Hall–Kier alpha value is -0.500. The van der Waals surface area contributed by atoms with Crippen molar-refractivity contribution in [3.8, 4) is 0 Å². The predicted molar refractivity (Wildman–Crippen MR) is 66.4 cm³/mol. The second kappa shape index (κ2) is 6.89. The lowest BCUT2D eigenvalue weighted by atomic mass is 10.1. The molecule has 3 heteroatoms. The molecule has 0 saturated heterocycles. The van der Waals surface area contributed by atoms with E-state index >= 15 is 0 Å². The minimum Gasteiger partial charge on any atom is -0.396 e. The van der Waals surface area contributed by atoms with Gasteiger partial charge in [0.1, 0.15) is 0 Å². The minimum absolute atomic E-state index is 0.256. The second-order valence-electron chi connectivity index (χ2n) is 3.26. The highest BCUT2D eigenvalue weighted by Crippen LogP contribution is 2.26. The van der Waals surface area contributed by atoms with Crippen LogP contribution in [0.1, 0.15) is 24.8 Å². The Bertz CT molecular complexity index is 334. The van der Waals surface area contributed by atoms with Crippen LogP contribution in [0.2, 0.25) is 10.0 Å². The van der Waals surface area contributed by atoms with Gasteiger partial charge < -0.3 is 5.11 Å². The topological polar surface area (TPSA) is 20.2 Å². The summed E-state index contributed by atoms with van der Waals surface area (Å²) in [5, 5.41) is 9.77. The fourth-order valence-electron chi connectivity index (χ4n) is 1.23. The Labute approximate surface area is 100 Å². The van der Waals surface area contributed by atoms with Gasteiger partial charge in [-0.2, -0.15) is 0 Å². The minimum atomic E-state index is 0.256. The lowest BCUT2D eigenvalue weighted by molar-refractivity contribution is 0.285. The molecule has 0 spiro atoms. The molecule has 0 radical (unpaired) electrons. The van der Waals surface area contributed by atoms with Crippen molar-refractivity contribution in [1.29, 1.82) is 0 Å². The molecule has 0 unspecified atom stereocenters. The van der Waals surface area contributed by atoms with Crippen molar-refractivity contribution < 1.29 is 5.11 Å². The van der Waals surface area contributed by atoms with Gasteiger partial charge in [-0.25, -0.2) is 0 Å². The number of hydrogen-bond donors (Lipinski definition) is 1. The Balaban J connectivity index is 2.53. The summed E-state index contributed by atoms with van der Waals surface area (Å²) in [6.07, 6.45) is 6.79. The first-order valence-electron chi connectivity index (χ1n) is 4.97. The van der Waals surface area contributed by atoms with E-state index in [0.717, 1.165) is 24.8 Å². The summed E-state index contributed by atoms with van der Waals surface area (Å²) in [6, 6.07) is 5.57. The first kappa shape index (κ1) is 12.6. The molecule has 0 bridgehead atoms. The van der Waals surface area contributed by atoms with Gasteiger partial charge in [0.05, 0.1) is 10.0 Å². The summed E-state index contributed by atoms with van der Waals surface area (Å²) in [6.45, 7) is 0.256. The van der Waals surface area contributed by atoms with E-state index in [9.17, 15) is 0 Å². The molecular weight excluding hydrogens is 231 g/mol. The Morgan fingerprint density at radius 2 is 2.00 bits per heavy atom. The highest BCUT2D eigenvalue weighted by atomic mass is 35.5. The molecule has 1 nitrogen and oxygen atoms in total. The average Bonchev–Trinajstić information content (AvgIpc) is 2.24. The maximum Gasteiger partial charge on any atom is 0.0664 e. The van der Waals surface area contributed by atoms with E-state index in [1.165, 1.54) is 0 Å². The van der Waals surface area contributed by atoms with E-state index in [1.807, 2.05) is 24.3 Å². The molecule has 0 amide bonds. The Morgan fingerprint density at radius 1 is 1.20 bits per heavy atom. The van der Waals surface area contributed by atoms with Gasteiger partial charge in [-0.15, -0.1) is 0 Å². The molecule has 82 valence electrons. The lowest BCUT2D eigenvalue weighted by Gasteiger charge is -1.99. The van der Waals surface area contributed by atoms with E-state index < -0.39 is 0 Å². The van der Waals surface area contributed by atoms with Crippen LogP contribution in [0.3, 0.4) is 0 Å². The van der Waals surface area contributed by atoms with Gasteiger partial charge in [-0.3, -0.25) is 0 Å². The number of benzene rings is 1. The maximum atomic E-state index is 8.60. The SMILES string of the molecule is OCCCC/C=C/c1cccc(Cl)c1Cl. The van der Waals surface area contributed by atoms with Gasteiger partial charge in [0.2, 0.25) is 0 Å². The van der Waals surface area contributed by atoms with Crippen molar-refractivity contribution in [2.24, 2.45) is 0 Å². The summed E-state index contributed by atoms with van der Waals surface area (Å²) in [4.78, 5) is 0. The van der Waals surface area contributed by atoms with Crippen molar-refractivity contribution in [3.63, 3.8) is 0 Å². The smallest absolute Gasteiger partial charge is 0.0664 e. The quantitative estimate of drug-likeness (QED) is 0.772. The highest BCUT2D eigenvalue weighted by Gasteiger charge is 1.99. The molecule has 0 aliphatic heterocycles. The molecule has 0 atom stereocenters. The Morgan fingerprint density at radius 3 is 2.73 bits per heavy atom. The maximum absolute atomic E-state index is 8.60. The van der Waals surface area contributed by atoms with Gasteiger partial charge in [-0.1, -0.05) is 47.5 Å². The van der Waals surface area contributed by atoms with E-state index in [4.69, 9.17) is 28.3 Å². The van der Waals surface area contributed by atoms with Crippen molar-refractivity contribution in [2.75, 3.05) is 6.61 Å². The zero-order valence-corrected chi connectivity index (χ0v) is 9.93. The standard InChI is InChI=1S/C12H14Cl2O/c13-11-8-5-7-10(12(11)14)6-3-1-2-4-9-15/h3,5-8,15H,1-2,4,9H2/b6-3+. The van der Waals surface area contributed by atoms with Crippen LogP contribution in [-0.4, -0.2) is 11.7 Å². The van der Waals surface area contributed by atoms with Crippen LogP contribution in [-0.2, 0) is 0 Å². The first-order chi connectivity index (χ1) is 7.25. The average molecular weight is 245 g/mol. The third-order valence-corrected chi connectivity index (χ3v) is 2.89. The number of halogens is 2. The summed E-state index contributed by atoms with van der Waals surface area (Å²) in [7, 11) is 0. The third kappa shape index (κ3) is 4.25. The largest absolute Gasteiger partial charge is 0.396 e. The summed E-state index contributed by atoms with van der Waals surface area (Å²) in [5.74, 6) is 0. The fraction of sp³-hybridized carbons (Fsp3) is 0.333. The zero-order chi connectivity index (χ0) is 11.1. The van der Waals surface area contributed by atoms with Crippen molar-refractivity contribution in [2.45, 2.75) is 19.3 Å². The van der Waals surface area contributed by atoms with Gasteiger partial charge in [0, 0.05) is 6.61 Å². The predicted octanol–water partition coefficient (Wildman–Crippen LogP) is 4.17. The molecule has 0 aliphatic rings. The van der Waals surface area contributed by atoms with Crippen LogP contribution in [0.25, 0.3) is 6.08 Å². The normalized spacial score (nSPS) is 11.1. The van der Waals surface area contributed by atoms with Crippen LogP contribution >= 0.6 is 23.2 Å². The monoisotopic (exact) mass is 244 g/mol. The van der Waals surface area contributed by atoms with Crippen LogP contribution in [0.4, 0.5) is 0 Å². The van der Waals surface area contributed by atoms with Crippen molar-refractivity contribution >= 4 is 29.3 Å². The molecule has 1 aromatic carbocycles. The van der Waals surface area contributed by atoms with Crippen molar-refractivity contribution in [3.05, 3.63) is 39.9 Å². The lowest BCUT2D eigenvalue weighted by Crippen LogP contribution is -1.80. The van der Waals surface area contributed by atoms with E-state index in [2.05, 4.69) is 0 Å². The van der Waals surface area contributed by atoms with E-state index in [0.29, 0.717) is 10.0 Å². The number of unbranched alkanes of at least 4 members (excludes halogenated alkanes) is 2. The molecular formula is C12H14Cl2O. The van der Waals surface area contributed by atoms with Gasteiger partial charge in [-0.05, 0) is 30.9 Å². The van der Waals surface area contributed by atoms with Gasteiger partial charge in [0.25, 0.3) is 0 Å². The van der Waals surface area contributed by atoms with E-state index in [-0.39, 0.29) is 6.61 Å².